The van der Waals surface area contributed by atoms with E-state index in [9.17, 15) is 4.79 Å². The molecule has 1 atom stereocenters. The number of ether oxygens (including phenoxy) is 2. The summed E-state index contributed by atoms with van der Waals surface area (Å²) >= 11 is 0. The highest BCUT2D eigenvalue weighted by atomic mass is 16.5. The summed E-state index contributed by atoms with van der Waals surface area (Å²) in [5.74, 6) is 1.29. The zero-order chi connectivity index (χ0) is 16.9. The molecule has 24 heavy (non-hydrogen) atoms. The number of carbonyl (C=O) groups excluding carboxylic acids is 1. The summed E-state index contributed by atoms with van der Waals surface area (Å²) in [6.45, 7) is 0.551. The van der Waals surface area contributed by atoms with Crippen molar-refractivity contribution in [1.82, 2.24) is 5.32 Å². The summed E-state index contributed by atoms with van der Waals surface area (Å²) in [4.78, 5) is 12.4. The summed E-state index contributed by atoms with van der Waals surface area (Å²) in [7, 11) is 1.51. The molecule has 0 spiro atoms. The van der Waals surface area contributed by atoms with Crippen LogP contribution < -0.4 is 20.1 Å². The van der Waals surface area contributed by atoms with Gasteiger partial charge in [-0.25, -0.2) is 4.79 Å². The molecule has 6 nitrogen and oxygen atoms in total. The molecule has 0 aliphatic carbocycles. The summed E-state index contributed by atoms with van der Waals surface area (Å²) < 4.78 is 10.8. The molecule has 0 fully saturated rings. The Morgan fingerprint density at radius 1 is 1.33 bits per heavy atom. The summed E-state index contributed by atoms with van der Waals surface area (Å²) in [5, 5.41) is 14.7. The first-order chi connectivity index (χ1) is 11.7. The Morgan fingerprint density at radius 3 is 2.96 bits per heavy atom. The Balaban J connectivity index is 1.74. The zero-order valence-electron chi connectivity index (χ0n) is 13.2. The number of benzene rings is 2. The molecule has 6 heteroatoms. The van der Waals surface area contributed by atoms with Crippen LogP contribution >= 0.6 is 0 Å². The van der Waals surface area contributed by atoms with Crippen LogP contribution in [0.5, 0.6) is 11.5 Å². The topological polar surface area (TPSA) is 83.4 Å². The number of hydrogen-bond acceptors (Lipinski definition) is 4. The Labute approximate surface area is 140 Å². The largest absolute Gasteiger partial charge is 0.495 e. The van der Waals surface area contributed by atoms with Crippen LogP contribution in [0.25, 0.3) is 0 Å². The van der Waals surface area contributed by atoms with Gasteiger partial charge in [-0.2, -0.15) is 5.26 Å². The van der Waals surface area contributed by atoms with E-state index in [2.05, 4.69) is 10.6 Å². The molecule has 0 radical (unpaired) electrons. The van der Waals surface area contributed by atoms with Crippen LogP contribution in [-0.4, -0.2) is 19.7 Å². The maximum atomic E-state index is 12.4. The fraction of sp³-hybridized carbons (Fsp3) is 0.222. The lowest BCUT2D eigenvalue weighted by Gasteiger charge is -2.26. The van der Waals surface area contributed by atoms with E-state index in [0.29, 0.717) is 30.0 Å². The van der Waals surface area contributed by atoms with E-state index in [1.54, 1.807) is 18.2 Å². The van der Waals surface area contributed by atoms with Crippen molar-refractivity contribution in [2.75, 3.05) is 19.0 Å². The molecule has 2 amide bonds. The molecular formula is C18H17N3O3. The van der Waals surface area contributed by atoms with Crippen molar-refractivity contribution in [2.24, 2.45) is 0 Å². The molecule has 1 heterocycles. The monoisotopic (exact) mass is 323 g/mol. The van der Waals surface area contributed by atoms with Crippen LogP contribution in [0, 0.1) is 11.3 Å². The highest BCUT2D eigenvalue weighted by Crippen LogP contribution is 2.32. The first kappa shape index (κ1) is 15.7. The fourth-order valence-electron chi connectivity index (χ4n) is 2.68. The van der Waals surface area contributed by atoms with Gasteiger partial charge in [0, 0.05) is 12.0 Å². The van der Waals surface area contributed by atoms with Crippen molar-refractivity contribution in [1.29, 1.82) is 5.26 Å². The van der Waals surface area contributed by atoms with Gasteiger partial charge < -0.3 is 20.1 Å². The van der Waals surface area contributed by atoms with Gasteiger partial charge in [0.05, 0.1) is 37.1 Å². The van der Waals surface area contributed by atoms with E-state index in [-0.39, 0.29) is 12.1 Å². The molecule has 0 aromatic heterocycles. The summed E-state index contributed by atoms with van der Waals surface area (Å²) in [5.41, 5.74) is 1.86. The molecule has 2 aromatic carbocycles. The van der Waals surface area contributed by atoms with Crippen LogP contribution in [-0.2, 0) is 0 Å². The van der Waals surface area contributed by atoms with Crippen molar-refractivity contribution in [3.05, 3.63) is 53.6 Å². The Hall–Kier alpha value is -3.20. The second-order valence-electron chi connectivity index (χ2n) is 5.35. The summed E-state index contributed by atoms with van der Waals surface area (Å²) in [6, 6.07) is 14.1. The van der Waals surface area contributed by atoms with Crippen LogP contribution in [0.4, 0.5) is 10.5 Å². The third-order valence-electron chi connectivity index (χ3n) is 3.84. The van der Waals surface area contributed by atoms with Crippen molar-refractivity contribution in [3.63, 3.8) is 0 Å². The van der Waals surface area contributed by atoms with Crippen LogP contribution in [0.15, 0.2) is 42.5 Å². The molecule has 0 bridgehead atoms. The third kappa shape index (κ3) is 3.25. The average Bonchev–Trinajstić information content (AvgIpc) is 2.62. The van der Waals surface area contributed by atoms with E-state index in [1.165, 1.54) is 7.11 Å². The van der Waals surface area contributed by atoms with E-state index in [1.807, 2.05) is 30.3 Å². The zero-order valence-corrected chi connectivity index (χ0v) is 13.2. The molecule has 0 saturated heterocycles. The Kier molecular flexibility index (Phi) is 4.52. The third-order valence-corrected chi connectivity index (χ3v) is 3.84. The van der Waals surface area contributed by atoms with Crippen molar-refractivity contribution >= 4 is 11.7 Å². The molecular weight excluding hydrogens is 306 g/mol. The molecule has 2 aromatic rings. The van der Waals surface area contributed by atoms with E-state index in [0.717, 1.165) is 11.3 Å². The number of urea groups is 1. The van der Waals surface area contributed by atoms with Gasteiger partial charge >= 0.3 is 6.03 Å². The standard InChI is InChI=1S/C18H17N3O3/c1-23-17-7-6-12(11-19)10-15(17)21-18(22)20-14-8-9-24-16-5-3-2-4-13(14)16/h2-7,10,14H,8-9H2,1H3,(H2,20,21,22)/t14-/m0/s1. The number of fused-ring (bicyclic) bond motifs is 1. The van der Waals surface area contributed by atoms with Gasteiger partial charge in [-0.3, -0.25) is 0 Å². The number of rotatable bonds is 3. The number of anilines is 1. The lowest BCUT2D eigenvalue weighted by Crippen LogP contribution is -2.35. The minimum absolute atomic E-state index is 0.125. The normalized spacial score (nSPS) is 15.4. The van der Waals surface area contributed by atoms with Gasteiger partial charge in [-0.15, -0.1) is 0 Å². The molecule has 122 valence electrons. The van der Waals surface area contributed by atoms with Gasteiger partial charge in [-0.1, -0.05) is 18.2 Å². The molecule has 2 N–H and O–H groups in total. The van der Waals surface area contributed by atoms with Gasteiger partial charge in [0.1, 0.15) is 11.5 Å². The number of methoxy groups -OCH3 is 1. The summed E-state index contributed by atoms with van der Waals surface area (Å²) in [6.07, 6.45) is 0.694. The number of para-hydroxylation sites is 1. The molecule has 1 aliphatic rings. The van der Waals surface area contributed by atoms with Crippen LogP contribution in [0.3, 0.4) is 0 Å². The van der Waals surface area contributed by atoms with E-state index < -0.39 is 0 Å². The second-order valence-corrected chi connectivity index (χ2v) is 5.35. The minimum atomic E-state index is -0.356. The van der Waals surface area contributed by atoms with Gasteiger partial charge in [0.25, 0.3) is 0 Å². The highest BCUT2D eigenvalue weighted by Gasteiger charge is 2.23. The van der Waals surface area contributed by atoms with Gasteiger partial charge in [-0.05, 0) is 24.3 Å². The predicted molar refractivity (Wildman–Crippen MR) is 89.2 cm³/mol. The molecule has 1 aliphatic heterocycles. The smallest absolute Gasteiger partial charge is 0.319 e. The number of hydrogen-bond donors (Lipinski definition) is 2. The number of nitriles is 1. The van der Waals surface area contributed by atoms with Crippen molar-refractivity contribution in [2.45, 2.75) is 12.5 Å². The Bertz CT molecular complexity index is 798. The van der Waals surface area contributed by atoms with Crippen molar-refractivity contribution in [3.8, 4) is 17.6 Å². The number of nitrogens with one attached hydrogen (secondary N) is 2. The van der Waals surface area contributed by atoms with E-state index in [4.69, 9.17) is 14.7 Å². The molecule has 0 unspecified atom stereocenters. The lowest BCUT2D eigenvalue weighted by atomic mass is 10.0. The van der Waals surface area contributed by atoms with Gasteiger partial charge in [0.2, 0.25) is 0 Å². The lowest BCUT2D eigenvalue weighted by molar-refractivity contribution is 0.232. The number of nitrogens with zero attached hydrogens (tertiary/aromatic N) is 1. The maximum absolute atomic E-state index is 12.4. The Morgan fingerprint density at radius 2 is 2.17 bits per heavy atom. The second kappa shape index (κ2) is 6.92. The average molecular weight is 323 g/mol. The highest BCUT2D eigenvalue weighted by molar-refractivity contribution is 5.91. The quantitative estimate of drug-likeness (QED) is 0.908. The fourth-order valence-corrected chi connectivity index (χ4v) is 2.68. The number of carbonyl (C=O) groups is 1. The van der Waals surface area contributed by atoms with E-state index >= 15 is 0 Å². The SMILES string of the molecule is COc1ccc(C#N)cc1NC(=O)N[C@H]1CCOc2ccccc21. The predicted octanol–water partition coefficient (Wildman–Crippen LogP) is 3.21. The minimum Gasteiger partial charge on any atom is -0.495 e. The maximum Gasteiger partial charge on any atom is 0.319 e. The van der Waals surface area contributed by atoms with Crippen LogP contribution in [0.1, 0.15) is 23.6 Å². The van der Waals surface area contributed by atoms with Gasteiger partial charge in [0.15, 0.2) is 0 Å². The van der Waals surface area contributed by atoms with Crippen LogP contribution in [0.2, 0.25) is 0 Å². The number of amides is 2. The first-order valence-corrected chi connectivity index (χ1v) is 7.58. The molecule has 0 saturated carbocycles. The van der Waals surface area contributed by atoms with Crippen molar-refractivity contribution < 1.29 is 14.3 Å². The molecule has 3 rings (SSSR count). The first-order valence-electron chi connectivity index (χ1n) is 7.58.